The monoisotopic (exact) mass is 420 g/mol. The molecule has 2 amide bonds. The Balaban J connectivity index is 1.61. The molecule has 0 saturated heterocycles. The summed E-state index contributed by atoms with van der Waals surface area (Å²) in [7, 11) is 1.37. The van der Waals surface area contributed by atoms with Crippen LogP contribution >= 0.6 is 11.3 Å². The van der Waals surface area contributed by atoms with Crippen molar-refractivity contribution in [2.45, 2.75) is 38.7 Å². The molecule has 0 aliphatic rings. The molecule has 2 rings (SSSR count). The first-order valence-electron chi connectivity index (χ1n) is 9.17. The van der Waals surface area contributed by atoms with Gasteiger partial charge in [0.15, 0.2) is 5.13 Å². The molecule has 0 saturated carbocycles. The van der Waals surface area contributed by atoms with Crippen LogP contribution in [0.15, 0.2) is 29.9 Å². The third-order valence-corrected chi connectivity index (χ3v) is 4.61. The third kappa shape index (κ3) is 9.15. The van der Waals surface area contributed by atoms with E-state index in [2.05, 4.69) is 25.3 Å². The standard InChI is InChI=1S/C19H24N4O5S/c1-27-17(25)7-3-2-4-9-21-16(24)10-15-13-29-18(22-15)23-19(26)28-12-14-6-5-8-20-11-14/h5-6,8,11,13H,2-4,7,9-10,12H2,1H3,(H,21,24)(H,22,23,26). The fraction of sp³-hybridized carbons (Fsp3) is 0.421. The molecule has 0 fully saturated rings. The van der Waals surface area contributed by atoms with Crippen LogP contribution in [-0.4, -0.2) is 41.6 Å². The Hall–Kier alpha value is -3.01. The maximum Gasteiger partial charge on any atom is 0.413 e. The number of thiazole rings is 1. The number of hydrogen-bond acceptors (Lipinski definition) is 8. The molecule has 0 aliphatic heterocycles. The van der Waals surface area contributed by atoms with Gasteiger partial charge in [-0.2, -0.15) is 0 Å². The van der Waals surface area contributed by atoms with Gasteiger partial charge < -0.3 is 14.8 Å². The average Bonchev–Trinajstić information content (AvgIpc) is 3.16. The lowest BCUT2D eigenvalue weighted by molar-refractivity contribution is -0.140. The number of unbranched alkanes of at least 4 members (excludes halogenated alkanes) is 2. The number of hydrogen-bond donors (Lipinski definition) is 2. The molecule has 0 aromatic carbocycles. The van der Waals surface area contributed by atoms with Crippen LogP contribution in [0.2, 0.25) is 0 Å². The number of aromatic nitrogens is 2. The van der Waals surface area contributed by atoms with Crippen molar-refractivity contribution >= 4 is 34.4 Å². The Labute approximate surface area is 172 Å². The van der Waals surface area contributed by atoms with Crippen molar-refractivity contribution in [3.8, 4) is 0 Å². The molecule has 2 aromatic heterocycles. The van der Waals surface area contributed by atoms with Crippen molar-refractivity contribution < 1.29 is 23.9 Å². The molecule has 10 heteroatoms. The van der Waals surface area contributed by atoms with E-state index in [0.29, 0.717) is 23.8 Å². The van der Waals surface area contributed by atoms with Gasteiger partial charge >= 0.3 is 12.1 Å². The van der Waals surface area contributed by atoms with Crippen LogP contribution in [0.25, 0.3) is 0 Å². The highest BCUT2D eigenvalue weighted by atomic mass is 32.1. The Morgan fingerprint density at radius 1 is 1.21 bits per heavy atom. The minimum atomic E-state index is -0.619. The highest BCUT2D eigenvalue weighted by Crippen LogP contribution is 2.16. The van der Waals surface area contributed by atoms with Crippen molar-refractivity contribution in [3.63, 3.8) is 0 Å². The Morgan fingerprint density at radius 2 is 2.07 bits per heavy atom. The molecule has 0 unspecified atom stereocenters. The molecule has 2 heterocycles. The van der Waals surface area contributed by atoms with Crippen LogP contribution in [0.1, 0.15) is 36.9 Å². The Kier molecular flexibility index (Phi) is 9.56. The quantitative estimate of drug-likeness (QED) is 0.424. The number of pyridine rings is 1. The van der Waals surface area contributed by atoms with Crippen LogP contribution in [0.4, 0.5) is 9.93 Å². The number of anilines is 1. The first kappa shape index (κ1) is 22.3. The summed E-state index contributed by atoms with van der Waals surface area (Å²) < 4.78 is 9.67. The molecule has 0 spiro atoms. The second-order valence-electron chi connectivity index (χ2n) is 6.12. The summed E-state index contributed by atoms with van der Waals surface area (Å²) in [6.07, 6.45) is 5.52. The molecule has 2 N–H and O–H groups in total. The normalized spacial score (nSPS) is 10.2. The number of ether oxygens (including phenoxy) is 2. The maximum atomic E-state index is 12.0. The second kappa shape index (κ2) is 12.4. The van der Waals surface area contributed by atoms with E-state index in [1.54, 1.807) is 29.9 Å². The smallest absolute Gasteiger partial charge is 0.413 e. The van der Waals surface area contributed by atoms with Gasteiger partial charge in [0, 0.05) is 36.3 Å². The number of nitrogens with one attached hydrogen (secondary N) is 2. The lowest BCUT2D eigenvalue weighted by atomic mass is 10.2. The van der Waals surface area contributed by atoms with Crippen LogP contribution < -0.4 is 10.6 Å². The zero-order valence-corrected chi connectivity index (χ0v) is 17.0. The van der Waals surface area contributed by atoms with Gasteiger partial charge in [0.1, 0.15) is 6.61 Å². The molecule has 9 nitrogen and oxygen atoms in total. The first-order chi connectivity index (χ1) is 14.1. The maximum absolute atomic E-state index is 12.0. The van der Waals surface area contributed by atoms with Crippen LogP contribution in [0, 0.1) is 0 Å². The van der Waals surface area contributed by atoms with E-state index in [4.69, 9.17) is 4.74 Å². The van der Waals surface area contributed by atoms with E-state index >= 15 is 0 Å². The van der Waals surface area contributed by atoms with E-state index in [0.717, 1.165) is 24.8 Å². The summed E-state index contributed by atoms with van der Waals surface area (Å²) in [5.74, 6) is -0.364. The van der Waals surface area contributed by atoms with Crippen molar-refractivity contribution in [1.82, 2.24) is 15.3 Å². The predicted molar refractivity (Wildman–Crippen MR) is 107 cm³/mol. The minimum absolute atomic E-state index is 0.111. The summed E-state index contributed by atoms with van der Waals surface area (Å²) in [6, 6.07) is 3.57. The number of esters is 1. The van der Waals surface area contributed by atoms with E-state index in [-0.39, 0.29) is 24.9 Å². The average molecular weight is 420 g/mol. The van der Waals surface area contributed by atoms with E-state index in [1.807, 2.05) is 0 Å². The number of carbonyl (C=O) groups excluding carboxylic acids is 3. The van der Waals surface area contributed by atoms with Crippen molar-refractivity contribution in [2.24, 2.45) is 0 Å². The molecule has 156 valence electrons. The number of methoxy groups -OCH3 is 1. The summed E-state index contributed by atoms with van der Waals surface area (Å²) in [5.41, 5.74) is 1.35. The summed E-state index contributed by atoms with van der Waals surface area (Å²) in [6.45, 7) is 0.649. The lowest BCUT2D eigenvalue weighted by Gasteiger charge is -2.05. The van der Waals surface area contributed by atoms with E-state index < -0.39 is 6.09 Å². The van der Waals surface area contributed by atoms with Gasteiger partial charge in [0.05, 0.1) is 19.2 Å². The fourth-order valence-corrected chi connectivity index (χ4v) is 3.03. The first-order valence-corrected chi connectivity index (χ1v) is 10.1. The Morgan fingerprint density at radius 3 is 2.83 bits per heavy atom. The second-order valence-corrected chi connectivity index (χ2v) is 6.98. The molecule has 0 radical (unpaired) electrons. The molecule has 0 aliphatic carbocycles. The molecular formula is C19H24N4O5S. The SMILES string of the molecule is COC(=O)CCCCCNC(=O)Cc1csc(NC(=O)OCc2cccnc2)n1. The number of carbonyl (C=O) groups is 3. The zero-order valence-electron chi connectivity index (χ0n) is 16.2. The van der Waals surface area contributed by atoms with Gasteiger partial charge in [-0.25, -0.2) is 9.78 Å². The Bertz CT molecular complexity index is 797. The molecular weight excluding hydrogens is 396 g/mol. The third-order valence-electron chi connectivity index (χ3n) is 3.80. The van der Waals surface area contributed by atoms with Gasteiger partial charge in [-0.15, -0.1) is 11.3 Å². The number of rotatable bonds is 11. The van der Waals surface area contributed by atoms with Gasteiger partial charge in [0.25, 0.3) is 0 Å². The van der Waals surface area contributed by atoms with E-state index in [1.165, 1.54) is 18.4 Å². The van der Waals surface area contributed by atoms with Crippen LogP contribution in [-0.2, 0) is 32.1 Å². The summed E-state index contributed by atoms with van der Waals surface area (Å²) in [4.78, 5) is 42.9. The van der Waals surface area contributed by atoms with Gasteiger partial charge in [-0.1, -0.05) is 12.5 Å². The highest BCUT2D eigenvalue weighted by molar-refractivity contribution is 7.13. The number of amides is 2. The molecule has 2 aromatic rings. The topological polar surface area (TPSA) is 120 Å². The summed E-state index contributed by atoms with van der Waals surface area (Å²) >= 11 is 1.22. The van der Waals surface area contributed by atoms with Crippen LogP contribution in [0.3, 0.4) is 0 Å². The molecule has 0 atom stereocenters. The van der Waals surface area contributed by atoms with Gasteiger partial charge in [0.2, 0.25) is 5.91 Å². The van der Waals surface area contributed by atoms with E-state index in [9.17, 15) is 14.4 Å². The van der Waals surface area contributed by atoms with Crippen molar-refractivity contribution in [3.05, 3.63) is 41.2 Å². The minimum Gasteiger partial charge on any atom is -0.469 e. The number of nitrogens with zero attached hydrogens (tertiary/aromatic N) is 2. The van der Waals surface area contributed by atoms with Gasteiger partial charge in [-0.05, 0) is 18.9 Å². The highest BCUT2D eigenvalue weighted by Gasteiger charge is 2.10. The van der Waals surface area contributed by atoms with Crippen molar-refractivity contribution in [2.75, 3.05) is 19.0 Å². The van der Waals surface area contributed by atoms with Crippen molar-refractivity contribution in [1.29, 1.82) is 0 Å². The fourth-order valence-electron chi connectivity index (χ4n) is 2.33. The lowest BCUT2D eigenvalue weighted by Crippen LogP contribution is -2.26. The summed E-state index contributed by atoms with van der Waals surface area (Å²) in [5, 5.41) is 7.44. The largest absolute Gasteiger partial charge is 0.469 e. The van der Waals surface area contributed by atoms with Crippen LogP contribution in [0.5, 0.6) is 0 Å². The van der Waals surface area contributed by atoms with Gasteiger partial charge in [-0.3, -0.25) is 19.9 Å². The zero-order chi connectivity index (χ0) is 20.9. The molecule has 29 heavy (non-hydrogen) atoms. The predicted octanol–water partition coefficient (Wildman–Crippen LogP) is 2.68. The molecule has 0 bridgehead atoms.